The van der Waals surface area contributed by atoms with Gasteiger partial charge in [0, 0.05) is 54.9 Å². The Bertz CT molecular complexity index is 1130. The first-order valence-corrected chi connectivity index (χ1v) is 11.9. The summed E-state index contributed by atoms with van der Waals surface area (Å²) >= 11 is 5.90. The molecule has 0 spiro atoms. The van der Waals surface area contributed by atoms with Crippen LogP contribution in [0, 0.1) is 0 Å². The molecule has 2 heterocycles. The summed E-state index contributed by atoms with van der Waals surface area (Å²) in [5.74, 6) is 0.572. The molecule has 9 nitrogen and oxygen atoms in total. The van der Waals surface area contributed by atoms with Gasteiger partial charge in [-0.05, 0) is 55.0 Å². The van der Waals surface area contributed by atoms with E-state index in [4.69, 9.17) is 20.9 Å². The molecule has 35 heavy (non-hydrogen) atoms. The minimum atomic E-state index is -0.246. The number of carbonyl (C=O) groups excluding carboxylic acids is 2. The van der Waals surface area contributed by atoms with Crippen LogP contribution in [0.3, 0.4) is 0 Å². The van der Waals surface area contributed by atoms with Gasteiger partial charge in [0.25, 0.3) is 0 Å². The average Bonchev–Trinajstić information content (AvgIpc) is 3.34. The van der Waals surface area contributed by atoms with Crippen LogP contribution in [0.4, 0.5) is 11.4 Å². The summed E-state index contributed by atoms with van der Waals surface area (Å²) < 4.78 is 10.7. The maximum absolute atomic E-state index is 12.5. The number of ether oxygens (including phenoxy) is 1. The minimum absolute atomic E-state index is 0.0225. The number of morpholine rings is 1. The summed E-state index contributed by atoms with van der Waals surface area (Å²) in [5, 5.41) is 7.45. The van der Waals surface area contributed by atoms with Gasteiger partial charge in [-0.15, -0.1) is 0 Å². The lowest BCUT2D eigenvalue weighted by Gasteiger charge is -2.28. The molecule has 0 bridgehead atoms. The number of hydrogen-bond acceptors (Lipinski definition) is 7. The van der Waals surface area contributed by atoms with E-state index in [0.29, 0.717) is 35.3 Å². The first kappa shape index (κ1) is 24.7. The SMILES string of the molecule is CN(CC(=O)Nc1ccc(N2CCOCC2)cc1)C(=O)CCCc1nc(-c2ccc(Cl)cc2)no1. The Hall–Kier alpha value is -3.43. The molecule has 1 aromatic heterocycles. The topological polar surface area (TPSA) is 101 Å². The Morgan fingerprint density at radius 1 is 1.09 bits per heavy atom. The van der Waals surface area contributed by atoms with Crippen molar-refractivity contribution in [1.82, 2.24) is 15.0 Å². The zero-order chi connectivity index (χ0) is 24.6. The van der Waals surface area contributed by atoms with Gasteiger partial charge >= 0.3 is 0 Å². The maximum atomic E-state index is 12.5. The Morgan fingerprint density at radius 3 is 2.51 bits per heavy atom. The van der Waals surface area contributed by atoms with E-state index in [2.05, 4.69) is 20.4 Å². The van der Waals surface area contributed by atoms with Crippen LogP contribution < -0.4 is 10.2 Å². The van der Waals surface area contributed by atoms with Gasteiger partial charge in [-0.2, -0.15) is 4.98 Å². The summed E-state index contributed by atoms with van der Waals surface area (Å²) in [6.07, 6.45) is 1.29. The van der Waals surface area contributed by atoms with Crippen molar-refractivity contribution >= 4 is 34.8 Å². The molecule has 0 saturated carbocycles. The minimum Gasteiger partial charge on any atom is -0.378 e. The standard InChI is InChI=1S/C25H28ClN5O4/c1-30(17-22(32)27-20-9-11-21(12-10-20)31-13-15-34-16-14-31)24(33)4-2-3-23-28-25(29-35-23)18-5-7-19(26)8-6-18/h5-12H,2-4,13-17H2,1H3,(H,27,32). The number of amides is 2. The van der Waals surface area contributed by atoms with Crippen LogP contribution in [0.25, 0.3) is 11.4 Å². The molecular weight excluding hydrogens is 470 g/mol. The second-order valence-corrected chi connectivity index (χ2v) is 8.75. The average molecular weight is 498 g/mol. The number of aryl methyl sites for hydroxylation is 1. The van der Waals surface area contributed by atoms with Gasteiger partial charge in [-0.3, -0.25) is 9.59 Å². The lowest BCUT2D eigenvalue weighted by Crippen LogP contribution is -2.36. The fraction of sp³-hybridized carbons (Fsp3) is 0.360. The number of nitrogens with zero attached hydrogens (tertiary/aromatic N) is 4. The summed E-state index contributed by atoms with van der Waals surface area (Å²) in [6, 6.07) is 14.9. The number of hydrogen-bond donors (Lipinski definition) is 1. The van der Waals surface area contributed by atoms with Crippen LogP contribution in [-0.4, -0.2) is 66.8 Å². The van der Waals surface area contributed by atoms with Gasteiger partial charge in [0.1, 0.15) is 0 Å². The molecule has 1 fully saturated rings. The predicted molar refractivity (Wildman–Crippen MR) is 133 cm³/mol. The molecule has 4 rings (SSSR count). The molecule has 2 amide bonds. The highest BCUT2D eigenvalue weighted by molar-refractivity contribution is 6.30. The lowest BCUT2D eigenvalue weighted by molar-refractivity contribution is -0.133. The Kier molecular flexibility index (Phi) is 8.33. The monoisotopic (exact) mass is 497 g/mol. The second kappa shape index (κ2) is 11.8. The summed E-state index contributed by atoms with van der Waals surface area (Å²) in [7, 11) is 1.62. The highest BCUT2D eigenvalue weighted by Crippen LogP contribution is 2.20. The fourth-order valence-corrected chi connectivity index (χ4v) is 3.86. The van der Waals surface area contributed by atoms with E-state index < -0.39 is 0 Å². The van der Waals surface area contributed by atoms with Crippen molar-refractivity contribution in [2.75, 3.05) is 50.1 Å². The Labute approximate surface area is 209 Å². The van der Waals surface area contributed by atoms with Crippen molar-refractivity contribution < 1.29 is 18.8 Å². The normalized spacial score (nSPS) is 13.5. The molecule has 1 saturated heterocycles. The van der Waals surface area contributed by atoms with Crippen molar-refractivity contribution in [2.45, 2.75) is 19.3 Å². The van der Waals surface area contributed by atoms with E-state index in [0.717, 1.165) is 37.6 Å². The zero-order valence-corrected chi connectivity index (χ0v) is 20.3. The molecule has 1 aliphatic heterocycles. The van der Waals surface area contributed by atoms with Gasteiger partial charge < -0.3 is 24.4 Å². The van der Waals surface area contributed by atoms with E-state index in [1.165, 1.54) is 4.90 Å². The predicted octanol–water partition coefficient (Wildman–Crippen LogP) is 3.65. The van der Waals surface area contributed by atoms with Gasteiger partial charge in [0.15, 0.2) is 0 Å². The highest BCUT2D eigenvalue weighted by Gasteiger charge is 2.15. The van der Waals surface area contributed by atoms with Crippen molar-refractivity contribution in [1.29, 1.82) is 0 Å². The summed E-state index contributed by atoms with van der Waals surface area (Å²) in [4.78, 5) is 32.9. The molecule has 1 N–H and O–H groups in total. The first-order valence-electron chi connectivity index (χ1n) is 11.5. The number of rotatable bonds is 9. The van der Waals surface area contributed by atoms with E-state index >= 15 is 0 Å². The molecular formula is C25H28ClN5O4. The second-order valence-electron chi connectivity index (χ2n) is 8.32. The number of nitrogens with one attached hydrogen (secondary N) is 1. The Morgan fingerprint density at radius 2 is 1.80 bits per heavy atom. The number of halogens is 1. The molecule has 0 radical (unpaired) electrons. The van der Waals surface area contributed by atoms with E-state index in [1.54, 1.807) is 19.2 Å². The number of carbonyl (C=O) groups is 2. The Balaban J connectivity index is 1.18. The molecule has 0 aliphatic carbocycles. The van der Waals surface area contributed by atoms with E-state index in [9.17, 15) is 9.59 Å². The number of aromatic nitrogens is 2. The number of likely N-dealkylation sites (N-methyl/N-ethyl adjacent to an activating group) is 1. The van der Waals surface area contributed by atoms with Gasteiger partial charge in [0.05, 0.1) is 19.8 Å². The third-order valence-corrected chi connectivity index (χ3v) is 5.94. The van der Waals surface area contributed by atoms with Crippen molar-refractivity contribution in [3.05, 3.63) is 59.4 Å². The summed E-state index contributed by atoms with van der Waals surface area (Å²) in [5.41, 5.74) is 2.60. The summed E-state index contributed by atoms with van der Waals surface area (Å²) in [6.45, 7) is 3.13. The molecule has 1 aliphatic rings. The number of benzene rings is 2. The lowest BCUT2D eigenvalue weighted by atomic mass is 10.2. The van der Waals surface area contributed by atoms with E-state index in [-0.39, 0.29) is 24.8 Å². The largest absolute Gasteiger partial charge is 0.378 e. The number of anilines is 2. The van der Waals surface area contributed by atoms with E-state index in [1.807, 2.05) is 36.4 Å². The molecule has 2 aromatic carbocycles. The van der Waals surface area contributed by atoms with Crippen LogP contribution in [0.5, 0.6) is 0 Å². The smallest absolute Gasteiger partial charge is 0.243 e. The van der Waals surface area contributed by atoms with Gasteiger partial charge in [-0.1, -0.05) is 16.8 Å². The molecule has 3 aromatic rings. The third kappa shape index (κ3) is 7.03. The van der Waals surface area contributed by atoms with Crippen LogP contribution in [-0.2, 0) is 20.7 Å². The first-order chi connectivity index (χ1) is 17.0. The highest BCUT2D eigenvalue weighted by atomic mass is 35.5. The quantitative estimate of drug-likeness (QED) is 0.481. The zero-order valence-electron chi connectivity index (χ0n) is 19.6. The van der Waals surface area contributed by atoms with Crippen LogP contribution in [0.15, 0.2) is 53.1 Å². The molecule has 0 unspecified atom stereocenters. The van der Waals surface area contributed by atoms with Crippen molar-refractivity contribution in [3.63, 3.8) is 0 Å². The maximum Gasteiger partial charge on any atom is 0.243 e. The van der Waals surface area contributed by atoms with Crippen LogP contribution in [0.2, 0.25) is 5.02 Å². The fourth-order valence-electron chi connectivity index (χ4n) is 3.74. The van der Waals surface area contributed by atoms with Crippen LogP contribution >= 0.6 is 11.6 Å². The van der Waals surface area contributed by atoms with Gasteiger partial charge in [0.2, 0.25) is 23.5 Å². The third-order valence-electron chi connectivity index (χ3n) is 5.69. The van der Waals surface area contributed by atoms with Gasteiger partial charge in [-0.25, -0.2) is 0 Å². The molecule has 184 valence electrons. The molecule has 10 heteroatoms. The van der Waals surface area contributed by atoms with Crippen LogP contribution in [0.1, 0.15) is 18.7 Å². The molecule has 0 atom stereocenters. The van der Waals surface area contributed by atoms with Crippen molar-refractivity contribution in [3.8, 4) is 11.4 Å². The van der Waals surface area contributed by atoms with Crippen molar-refractivity contribution in [2.24, 2.45) is 0 Å².